The quantitative estimate of drug-likeness (QED) is 0.792. The number of halogens is 1. The molecule has 3 aromatic rings. The highest BCUT2D eigenvalue weighted by atomic mass is 35.5. The van der Waals surface area contributed by atoms with Gasteiger partial charge in [0.2, 0.25) is 0 Å². The van der Waals surface area contributed by atoms with Crippen molar-refractivity contribution in [3.05, 3.63) is 77.3 Å². The molecule has 1 N–H and O–H groups in total. The summed E-state index contributed by atoms with van der Waals surface area (Å²) in [6, 6.07) is 12.7. The lowest BCUT2D eigenvalue weighted by Gasteiger charge is -2.11. The number of aryl methyl sites for hydroxylation is 1. The lowest BCUT2D eigenvalue weighted by molar-refractivity contribution is 0.102. The largest absolute Gasteiger partial charge is 0.320 e. The third kappa shape index (κ3) is 2.87. The van der Waals surface area contributed by atoms with Gasteiger partial charge in [-0.2, -0.15) is 0 Å². The summed E-state index contributed by atoms with van der Waals surface area (Å²) in [6.07, 6.45) is 5.24. The normalized spacial score (nSPS) is 10.5. The molecule has 0 aliphatic rings. The number of rotatable bonds is 3. The summed E-state index contributed by atoms with van der Waals surface area (Å²) < 4.78 is 1.80. The molecule has 0 spiro atoms. The molecule has 0 aliphatic heterocycles. The summed E-state index contributed by atoms with van der Waals surface area (Å²) in [7, 11) is 0. The van der Waals surface area contributed by atoms with Gasteiger partial charge in [0.05, 0.1) is 11.9 Å². The minimum Gasteiger partial charge on any atom is -0.320 e. The van der Waals surface area contributed by atoms with Crippen molar-refractivity contribution >= 4 is 23.2 Å². The number of aromatic nitrogens is 2. The average molecular weight is 312 g/mol. The number of nitrogens with zero attached hydrogens (tertiary/aromatic N) is 2. The van der Waals surface area contributed by atoms with E-state index in [2.05, 4.69) is 10.3 Å². The summed E-state index contributed by atoms with van der Waals surface area (Å²) in [4.78, 5) is 16.6. The fraction of sp³-hybridized carbons (Fsp3) is 0.0588. The first-order valence-corrected chi connectivity index (χ1v) is 7.18. The minimum atomic E-state index is -0.181. The van der Waals surface area contributed by atoms with E-state index in [0.717, 1.165) is 16.9 Å². The lowest BCUT2D eigenvalue weighted by Crippen LogP contribution is -2.16. The van der Waals surface area contributed by atoms with Crippen molar-refractivity contribution in [1.82, 2.24) is 9.55 Å². The second-order valence-electron chi connectivity index (χ2n) is 4.89. The third-order valence-corrected chi connectivity index (χ3v) is 3.58. The third-order valence-electron chi connectivity index (χ3n) is 3.34. The maximum atomic E-state index is 12.5. The van der Waals surface area contributed by atoms with Gasteiger partial charge in [-0.05, 0) is 55.0 Å². The molecule has 2 aromatic heterocycles. The van der Waals surface area contributed by atoms with E-state index in [1.165, 1.54) is 0 Å². The van der Waals surface area contributed by atoms with Crippen LogP contribution in [-0.2, 0) is 0 Å². The molecule has 0 saturated heterocycles. The number of carbonyl (C=O) groups is 1. The van der Waals surface area contributed by atoms with Crippen molar-refractivity contribution in [1.29, 1.82) is 0 Å². The molecule has 110 valence electrons. The van der Waals surface area contributed by atoms with Gasteiger partial charge in [-0.1, -0.05) is 11.6 Å². The molecule has 0 radical (unpaired) electrons. The van der Waals surface area contributed by atoms with Gasteiger partial charge in [-0.25, -0.2) is 0 Å². The zero-order chi connectivity index (χ0) is 15.5. The first-order valence-electron chi connectivity index (χ1n) is 6.80. The van der Waals surface area contributed by atoms with Crippen LogP contribution in [0.3, 0.4) is 0 Å². The van der Waals surface area contributed by atoms with Gasteiger partial charge in [0, 0.05) is 23.1 Å². The summed E-state index contributed by atoms with van der Waals surface area (Å²) in [5, 5.41) is 3.56. The van der Waals surface area contributed by atoms with Crippen LogP contribution in [0.2, 0.25) is 5.02 Å². The summed E-state index contributed by atoms with van der Waals surface area (Å²) in [5.74, 6) is -0.181. The minimum absolute atomic E-state index is 0.181. The molecule has 0 bridgehead atoms. The van der Waals surface area contributed by atoms with E-state index in [9.17, 15) is 4.79 Å². The Balaban J connectivity index is 1.89. The van der Waals surface area contributed by atoms with Gasteiger partial charge >= 0.3 is 0 Å². The zero-order valence-corrected chi connectivity index (χ0v) is 12.7. The molecule has 0 fully saturated rings. The number of carbonyl (C=O) groups excluding carboxylic acids is 1. The molecule has 2 heterocycles. The molecule has 3 rings (SSSR count). The standard InChI is InChI=1S/C17H14ClN3O/c1-12-10-13(18)6-7-15(12)20-17(22)16-5-3-9-21(16)14-4-2-8-19-11-14/h2-11H,1H3,(H,20,22). The van der Waals surface area contributed by atoms with Gasteiger partial charge < -0.3 is 9.88 Å². The molecule has 0 aliphatic carbocycles. The van der Waals surface area contributed by atoms with Gasteiger partial charge in [-0.15, -0.1) is 0 Å². The van der Waals surface area contributed by atoms with Crippen molar-refractivity contribution in [3.63, 3.8) is 0 Å². The molecule has 5 heteroatoms. The van der Waals surface area contributed by atoms with Crippen LogP contribution in [0.1, 0.15) is 16.1 Å². The van der Waals surface area contributed by atoms with Crippen molar-refractivity contribution in [3.8, 4) is 5.69 Å². The molecule has 1 aromatic carbocycles. The number of nitrogens with one attached hydrogen (secondary N) is 1. The Bertz CT molecular complexity index is 812. The molecule has 22 heavy (non-hydrogen) atoms. The lowest BCUT2D eigenvalue weighted by atomic mass is 10.2. The van der Waals surface area contributed by atoms with Crippen LogP contribution >= 0.6 is 11.6 Å². The Labute approximate surface area is 133 Å². The predicted molar refractivity (Wildman–Crippen MR) is 87.7 cm³/mol. The molecule has 4 nitrogen and oxygen atoms in total. The van der Waals surface area contributed by atoms with E-state index >= 15 is 0 Å². The number of hydrogen-bond acceptors (Lipinski definition) is 2. The fourth-order valence-corrected chi connectivity index (χ4v) is 2.47. The average Bonchev–Trinajstić information content (AvgIpc) is 3.00. The summed E-state index contributed by atoms with van der Waals surface area (Å²) in [6.45, 7) is 1.90. The van der Waals surface area contributed by atoms with Crippen LogP contribution in [0.5, 0.6) is 0 Å². The van der Waals surface area contributed by atoms with E-state index in [4.69, 9.17) is 11.6 Å². The van der Waals surface area contributed by atoms with Crippen LogP contribution in [-0.4, -0.2) is 15.5 Å². The molecule has 1 amide bonds. The first kappa shape index (κ1) is 14.4. The van der Waals surface area contributed by atoms with E-state index in [1.807, 2.05) is 37.4 Å². The number of pyridine rings is 1. The first-order chi connectivity index (χ1) is 10.6. The second kappa shape index (κ2) is 6.03. The Morgan fingerprint density at radius 2 is 2.09 bits per heavy atom. The Morgan fingerprint density at radius 1 is 1.23 bits per heavy atom. The Kier molecular flexibility index (Phi) is 3.94. The number of anilines is 1. The van der Waals surface area contributed by atoms with Crippen molar-refractivity contribution < 1.29 is 4.79 Å². The van der Waals surface area contributed by atoms with Gasteiger partial charge in [0.25, 0.3) is 5.91 Å². The summed E-state index contributed by atoms with van der Waals surface area (Å²) in [5.41, 5.74) is 3.04. The summed E-state index contributed by atoms with van der Waals surface area (Å²) >= 11 is 5.93. The van der Waals surface area contributed by atoms with Crippen LogP contribution in [0.4, 0.5) is 5.69 Å². The van der Waals surface area contributed by atoms with Crippen LogP contribution < -0.4 is 5.32 Å². The second-order valence-corrected chi connectivity index (χ2v) is 5.32. The monoisotopic (exact) mass is 311 g/mol. The molecule has 0 atom stereocenters. The maximum Gasteiger partial charge on any atom is 0.272 e. The number of benzene rings is 1. The fourth-order valence-electron chi connectivity index (χ4n) is 2.24. The molecular formula is C17H14ClN3O. The highest BCUT2D eigenvalue weighted by Gasteiger charge is 2.13. The van der Waals surface area contributed by atoms with Crippen molar-refractivity contribution in [2.24, 2.45) is 0 Å². The van der Waals surface area contributed by atoms with Crippen LogP contribution in [0, 0.1) is 6.92 Å². The topological polar surface area (TPSA) is 46.9 Å². The Hall–Kier alpha value is -2.59. The predicted octanol–water partition coefficient (Wildman–Crippen LogP) is 4.09. The van der Waals surface area contributed by atoms with E-state index in [-0.39, 0.29) is 5.91 Å². The van der Waals surface area contributed by atoms with E-state index < -0.39 is 0 Å². The van der Waals surface area contributed by atoms with Crippen LogP contribution in [0.25, 0.3) is 5.69 Å². The van der Waals surface area contributed by atoms with Crippen molar-refractivity contribution in [2.45, 2.75) is 6.92 Å². The zero-order valence-electron chi connectivity index (χ0n) is 12.0. The highest BCUT2D eigenvalue weighted by Crippen LogP contribution is 2.21. The van der Waals surface area contributed by atoms with E-state index in [0.29, 0.717) is 10.7 Å². The number of amides is 1. The molecule has 0 saturated carbocycles. The van der Waals surface area contributed by atoms with Crippen molar-refractivity contribution in [2.75, 3.05) is 5.32 Å². The van der Waals surface area contributed by atoms with Crippen LogP contribution in [0.15, 0.2) is 61.1 Å². The smallest absolute Gasteiger partial charge is 0.272 e. The highest BCUT2D eigenvalue weighted by molar-refractivity contribution is 6.30. The van der Waals surface area contributed by atoms with Gasteiger partial charge in [-0.3, -0.25) is 9.78 Å². The molecule has 0 unspecified atom stereocenters. The SMILES string of the molecule is Cc1cc(Cl)ccc1NC(=O)c1cccn1-c1cccnc1. The van der Waals surface area contributed by atoms with E-state index in [1.54, 1.807) is 35.2 Å². The van der Waals surface area contributed by atoms with Gasteiger partial charge in [0.15, 0.2) is 0 Å². The number of hydrogen-bond donors (Lipinski definition) is 1. The Morgan fingerprint density at radius 3 is 2.82 bits per heavy atom. The maximum absolute atomic E-state index is 12.5. The van der Waals surface area contributed by atoms with Gasteiger partial charge in [0.1, 0.15) is 5.69 Å². The molecular weight excluding hydrogens is 298 g/mol.